The zero-order chi connectivity index (χ0) is 36.9. The number of hydrogen-bond donors (Lipinski definition) is 1. The highest BCUT2D eigenvalue weighted by molar-refractivity contribution is 8.15. The Bertz CT molecular complexity index is 1790. The number of hydrogen-bond acceptors (Lipinski definition) is 6. The number of rotatable bonds is 11. The van der Waals surface area contributed by atoms with Crippen molar-refractivity contribution in [3.8, 4) is 0 Å². The molecule has 0 saturated carbocycles. The minimum absolute atomic E-state index is 0.314. The zero-order valence-electron chi connectivity index (χ0n) is 30.5. The van der Waals surface area contributed by atoms with Crippen molar-refractivity contribution in [1.29, 1.82) is 0 Å². The minimum atomic E-state index is -3.12. The Hall–Kier alpha value is -4.25. The largest absolute Gasteiger partial charge is 0.444 e. The number of carbonyl (C=O) groups excluding carboxylic acids is 2. The molecule has 7 nitrogen and oxygen atoms in total. The van der Waals surface area contributed by atoms with Crippen molar-refractivity contribution in [3.05, 3.63) is 132 Å². The second kappa shape index (κ2) is 15.6. The average molecular weight is 726 g/mol. The lowest BCUT2D eigenvalue weighted by atomic mass is 9.99. The summed E-state index contributed by atoms with van der Waals surface area (Å²) < 4.78 is 27.3. The maximum absolute atomic E-state index is 15.1. The summed E-state index contributed by atoms with van der Waals surface area (Å²) >= 11 is 1.41. The van der Waals surface area contributed by atoms with Crippen LogP contribution < -0.4 is 15.7 Å². The van der Waals surface area contributed by atoms with Crippen LogP contribution in [-0.4, -0.2) is 48.6 Å². The lowest BCUT2D eigenvalue weighted by molar-refractivity contribution is -0.142. The first-order valence-electron chi connectivity index (χ1n) is 17.4. The number of ether oxygens (including phenoxy) is 1. The van der Waals surface area contributed by atoms with E-state index in [9.17, 15) is 9.18 Å². The van der Waals surface area contributed by atoms with Crippen LogP contribution in [0, 0.1) is 5.82 Å². The molecule has 268 valence electrons. The zero-order valence-corrected chi connectivity index (χ0v) is 32.3. The number of hydrazone groups is 1. The second-order valence-corrected chi connectivity index (χ2v) is 20.3. The smallest absolute Gasteiger partial charge is 0.407 e. The third-order valence-corrected chi connectivity index (χ3v) is 15.4. The lowest BCUT2D eigenvalue weighted by Crippen LogP contribution is -2.68. The predicted molar refractivity (Wildman–Crippen MR) is 207 cm³/mol. The van der Waals surface area contributed by atoms with Crippen LogP contribution in [0.5, 0.6) is 0 Å². The Morgan fingerprint density at radius 3 is 1.96 bits per heavy atom. The first-order valence-corrected chi connectivity index (χ1v) is 20.1. The molecular formula is C41H48FN3O4SSi. The van der Waals surface area contributed by atoms with E-state index in [1.54, 1.807) is 17.1 Å². The van der Waals surface area contributed by atoms with Gasteiger partial charge in [-0.3, -0.25) is 4.79 Å². The Labute approximate surface area is 306 Å². The van der Waals surface area contributed by atoms with E-state index in [-0.39, 0.29) is 10.9 Å². The molecule has 1 aliphatic rings. The summed E-state index contributed by atoms with van der Waals surface area (Å²) in [6.07, 6.45) is -0.485. The van der Waals surface area contributed by atoms with Gasteiger partial charge < -0.3 is 14.5 Å². The Morgan fingerprint density at radius 1 is 0.863 bits per heavy atom. The van der Waals surface area contributed by atoms with E-state index in [4.69, 9.17) is 14.3 Å². The molecule has 5 rings (SSSR count). The summed E-state index contributed by atoms with van der Waals surface area (Å²) in [6.45, 7) is 14.1. The lowest BCUT2D eigenvalue weighted by Gasteiger charge is -2.45. The molecule has 0 spiro atoms. The van der Waals surface area contributed by atoms with Gasteiger partial charge in [-0.25, -0.2) is 14.2 Å². The van der Waals surface area contributed by atoms with Crippen molar-refractivity contribution in [2.75, 3.05) is 6.54 Å². The highest BCUT2D eigenvalue weighted by Crippen LogP contribution is 2.51. The molecule has 4 aromatic carbocycles. The molecule has 0 radical (unpaired) electrons. The van der Waals surface area contributed by atoms with Gasteiger partial charge in [0.05, 0.1) is 0 Å². The van der Waals surface area contributed by atoms with Gasteiger partial charge in [0, 0.05) is 12.1 Å². The molecule has 1 unspecified atom stereocenters. The molecule has 51 heavy (non-hydrogen) atoms. The quantitative estimate of drug-likeness (QED) is 0.125. The molecule has 2 amide bonds. The van der Waals surface area contributed by atoms with E-state index in [0.717, 1.165) is 15.9 Å². The summed E-state index contributed by atoms with van der Waals surface area (Å²) in [6, 6.07) is 36.4. The number of halogens is 1. The molecule has 0 aliphatic carbocycles. The fraction of sp³-hybridized carbons (Fsp3) is 0.341. The van der Waals surface area contributed by atoms with Crippen molar-refractivity contribution in [2.24, 2.45) is 5.10 Å². The van der Waals surface area contributed by atoms with Gasteiger partial charge in [-0.2, -0.15) is 5.10 Å². The topological polar surface area (TPSA) is 80.2 Å². The van der Waals surface area contributed by atoms with Crippen LogP contribution >= 0.6 is 11.8 Å². The number of nitrogens with zero attached hydrogens (tertiary/aromatic N) is 2. The normalized spacial score (nSPS) is 17.1. The number of benzene rings is 4. The average Bonchev–Trinajstić information content (AvgIpc) is 3.49. The molecule has 0 saturated heterocycles. The highest BCUT2D eigenvalue weighted by atomic mass is 32.2. The number of amides is 2. The van der Waals surface area contributed by atoms with Gasteiger partial charge in [0.25, 0.3) is 14.2 Å². The number of nitrogens with one attached hydrogen (secondary N) is 1. The summed E-state index contributed by atoms with van der Waals surface area (Å²) in [5.74, 6) is -0.707. The molecule has 2 atom stereocenters. The van der Waals surface area contributed by atoms with Gasteiger partial charge in [0.1, 0.15) is 27.4 Å². The number of carbonyl (C=O) groups is 2. The SMILES string of the molecule is C[C@H](O[Si](c1ccccc1)(c1ccccc1)C(C)(C)C)C(=O)N1N=C(c2cccc(F)c2)SC1(CCCNC(=O)OC(C)(C)C)c1ccccc1. The highest BCUT2D eigenvalue weighted by Gasteiger charge is 2.54. The van der Waals surface area contributed by atoms with E-state index >= 15 is 4.79 Å². The molecule has 1 heterocycles. The number of thioether (sulfide) groups is 1. The Kier molecular flexibility index (Phi) is 11.6. The van der Waals surface area contributed by atoms with Crippen molar-refractivity contribution >= 4 is 47.5 Å². The minimum Gasteiger partial charge on any atom is -0.444 e. The van der Waals surface area contributed by atoms with Crippen molar-refractivity contribution in [1.82, 2.24) is 10.3 Å². The fourth-order valence-corrected chi connectivity index (χ4v) is 12.6. The van der Waals surface area contributed by atoms with Gasteiger partial charge in [0.15, 0.2) is 0 Å². The molecule has 10 heteroatoms. The van der Waals surface area contributed by atoms with Crippen LogP contribution in [0.1, 0.15) is 72.4 Å². The summed E-state index contributed by atoms with van der Waals surface area (Å²) in [4.78, 5) is 26.6. The van der Waals surface area contributed by atoms with Gasteiger partial charge in [-0.1, -0.05) is 136 Å². The van der Waals surface area contributed by atoms with Crippen LogP contribution in [-0.2, 0) is 18.8 Å². The van der Waals surface area contributed by atoms with E-state index < -0.39 is 36.8 Å². The van der Waals surface area contributed by atoms with E-state index in [2.05, 4.69) is 50.4 Å². The van der Waals surface area contributed by atoms with Gasteiger partial charge in [0.2, 0.25) is 0 Å². The van der Waals surface area contributed by atoms with Crippen LogP contribution in [0.2, 0.25) is 5.04 Å². The fourth-order valence-electron chi connectivity index (χ4n) is 6.55. The first kappa shape index (κ1) is 38.0. The first-order chi connectivity index (χ1) is 24.2. The summed E-state index contributed by atoms with van der Waals surface area (Å²) in [5, 5.41) is 11.7. The molecule has 1 N–H and O–H groups in total. The van der Waals surface area contributed by atoms with Crippen LogP contribution in [0.25, 0.3) is 0 Å². The standard InChI is InChI=1S/C41H48FN3O4SSi/c1-30(49-51(40(5,6)7,34-23-13-9-14-24-34)35-25-15-10-16-26-35)37(46)45-41(32-20-11-8-12-21-32,27-18-28-43-38(47)48-39(2,3)4)50-36(44-45)31-19-17-22-33(42)29-31/h8-17,19-26,29-30H,18,27-28H2,1-7H3,(H,43,47)/t30-,41?/m0/s1. The van der Waals surface area contributed by atoms with Gasteiger partial charge in [-0.15, -0.1) is 0 Å². The Morgan fingerprint density at radius 2 is 1.43 bits per heavy atom. The second-order valence-electron chi connectivity index (χ2n) is 14.8. The third kappa shape index (κ3) is 8.46. The van der Waals surface area contributed by atoms with Crippen molar-refractivity contribution in [2.45, 2.75) is 82.9 Å². The van der Waals surface area contributed by atoms with Crippen molar-refractivity contribution < 1.29 is 23.1 Å². The summed E-state index contributed by atoms with van der Waals surface area (Å²) in [5.41, 5.74) is 0.797. The molecular weight excluding hydrogens is 678 g/mol. The monoisotopic (exact) mass is 725 g/mol. The summed E-state index contributed by atoms with van der Waals surface area (Å²) in [7, 11) is -3.12. The molecule has 0 fully saturated rings. The van der Waals surface area contributed by atoms with Crippen LogP contribution in [0.15, 0.2) is 120 Å². The van der Waals surface area contributed by atoms with Gasteiger partial charge in [-0.05, 0) is 73.6 Å². The van der Waals surface area contributed by atoms with Crippen LogP contribution in [0.3, 0.4) is 0 Å². The predicted octanol–water partition coefficient (Wildman–Crippen LogP) is 8.19. The van der Waals surface area contributed by atoms with Gasteiger partial charge >= 0.3 is 6.09 Å². The molecule has 4 aromatic rings. The molecule has 0 bridgehead atoms. The molecule has 0 aromatic heterocycles. The Balaban J connectivity index is 1.57. The maximum Gasteiger partial charge on any atom is 0.407 e. The van der Waals surface area contributed by atoms with E-state index in [1.165, 1.54) is 23.9 Å². The van der Waals surface area contributed by atoms with E-state index in [0.29, 0.717) is 30.0 Å². The molecule has 1 aliphatic heterocycles. The third-order valence-electron chi connectivity index (χ3n) is 8.78. The maximum atomic E-state index is 15.1. The van der Waals surface area contributed by atoms with Crippen molar-refractivity contribution in [3.63, 3.8) is 0 Å². The van der Waals surface area contributed by atoms with Crippen LogP contribution in [0.4, 0.5) is 9.18 Å². The van der Waals surface area contributed by atoms with E-state index in [1.807, 2.05) is 94.4 Å². The number of alkyl carbamates (subject to hydrolysis) is 1.